The second-order valence-electron chi connectivity index (χ2n) is 7.65. The smallest absolute Gasteiger partial charge is 0.266 e. The quantitative estimate of drug-likeness (QED) is 0.525. The van der Waals surface area contributed by atoms with Gasteiger partial charge in [0.15, 0.2) is 6.10 Å². The van der Waals surface area contributed by atoms with Gasteiger partial charge in [-0.3, -0.25) is 14.4 Å². The van der Waals surface area contributed by atoms with Gasteiger partial charge in [-0.05, 0) is 61.0 Å². The highest BCUT2D eigenvalue weighted by molar-refractivity contribution is 6.31. The molecule has 3 aromatic rings. The number of carbonyl (C=O) groups excluding carboxylic acids is 2. The number of benzene rings is 3. The molecule has 2 amide bonds. The largest absolute Gasteiger partial charge is 0.494 e. The minimum absolute atomic E-state index is 0.292. The molecule has 0 aliphatic carbocycles. The Morgan fingerprint density at radius 3 is 2.22 bits per heavy atom. The van der Waals surface area contributed by atoms with Crippen molar-refractivity contribution in [1.29, 1.82) is 0 Å². The zero-order valence-electron chi connectivity index (χ0n) is 17.4. The molecule has 7 heteroatoms. The summed E-state index contributed by atoms with van der Waals surface area (Å²) in [6.07, 6.45) is -0.907. The number of rotatable bonds is 5. The number of hydrogen-bond acceptors (Lipinski definition) is 5. The third kappa shape index (κ3) is 3.42. The van der Waals surface area contributed by atoms with Crippen LogP contribution < -0.4 is 14.7 Å². The molecule has 0 N–H and O–H groups in total. The number of fused-ring (bicyclic) bond motifs is 1. The lowest BCUT2D eigenvalue weighted by Gasteiger charge is -2.28. The summed E-state index contributed by atoms with van der Waals surface area (Å²) in [5.74, 6) is -0.609. The SMILES string of the molecule is CCOc1ccc([C@@H]2[C@H]3C(=O)N(c4ccc(Cl)cc4)C(=O)[C@@H]3ON2c2ccccc2)cc1. The van der Waals surface area contributed by atoms with E-state index in [1.807, 2.05) is 61.5 Å². The highest BCUT2D eigenvalue weighted by Crippen LogP contribution is 2.47. The van der Waals surface area contributed by atoms with Crippen molar-refractivity contribution in [3.05, 3.63) is 89.4 Å². The standard InChI is InChI=1S/C25H21ClN2O4/c1-2-31-20-14-8-16(9-15-20)22-21-23(32-28(22)19-6-4-3-5-7-19)25(30)27(24(21)29)18-12-10-17(26)11-13-18/h3-15,21-23H,2H2,1H3/t21-,22-,23-/m1/s1. The molecule has 0 aromatic heterocycles. The van der Waals surface area contributed by atoms with E-state index in [4.69, 9.17) is 21.2 Å². The van der Waals surface area contributed by atoms with Gasteiger partial charge in [0.05, 0.1) is 24.0 Å². The molecule has 0 bridgehead atoms. The molecule has 5 rings (SSSR count). The Hall–Kier alpha value is -3.35. The van der Waals surface area contributed by atoms with Gasteiger partial charge < -0.3 is 4.74 Å². The monoisotopic (exact) mass is 448 g/mol. The van der Waals surface area contributed by atoms with Gasteiger partial charge in [-0.15, -0.1) is 0 Å². The van der Waals surface area contributed by atoms with Crippen molar-refractivity contribution in [3.8, 4) is 5.75 Å². The molecule has 0 radical (unpaired) electrons. The molecule has 2 aliphatic heterocycles. The molecular formula is C25H21ClN2O4. The lowest BCUT2D eigenvalue weighted by molar-refractivity contribution is -0.126. The molecule has 0 spiro atoms. The average molecular weight is 449 g/mol. The topological polar surface area (TPSA) is 59.1 Å². The summed E-state index contributed by atoms with van der Waals surface area (Å²) < 4.78 is 5.56. The Labute approximate surface area is 190 Å². The highest BCUT2D eigenvalue weighted by Gasteiger charge is 2.60. The Kier molecular flexibility index (Phi) is 5.33. The number of carbonyl (C=O) groups is 2. The molecule has 6 nitrogen and oxygen atoms in total. The lowest BCUT2D eigenvalue weighted by Crippen LogP contribution is -2.37. The van der Waals surface area contributed by atoms with Crippen LogP contribution >= 0.6 is 11.6 Å². The van der Waals surface area contributed by atoms with Crippen LogP contribution in [0, 0.1) is 5.92 Å². The van der Waals surface area contributed by atoms with Crippen LogP contribution in [0.25, 0.3) is 0 Å². The number of hydroxylamine groups is 1. The van der Waals surface area contributed by atoms with Crippen LogP contribution in [-0.2, 0) is 14.4 Å². The van der Waals surface area contributed by atoms with E-state index >= 15 is 0 Å². The van der Waals surface area contributed by atoms with Crippen molar-refractivity contribution in [3.63, 3.8) is 0 Å². The minimum Gasteiger partial charge on any atom is -0.494 e. The molecule has 2 heterocycles. The van der Waals surface area contributed by atoms with Crippen molar-refractivity contribution in [2.24, 2.45) is 5.92 Å². The lowest BCUT2D eigenvalue weighted by atomic mass is 9.90. The molecular weight excluding hydrogens is 428 g/mol. The fourth-order valence-corrected chi connectivity index (χ4v) is 4.45. The number of nitrogens with zero attached hydrogens (tertiary/aromatic N) is 2. The number of para-hydroxylation sites is 1. The summed E-state index contributed by atoms with van der Waals surface area (Å²) in [7, 11) is 0. The summed E-state index contributed by atoms with van der Waals surface area (Å²) in [5.41, 5.74) is 2.13. The van der Waals surface area contributed by atoms with Gasteiger partial charge in [-0.1, -0.05) is 41.9 Å². The summed E-state index contributed by atoms with van der Waals surface area (Å²) >= 11 is 5.98. The van der Waals surface area contributed by atoms with Crippen molar-refractivity contribution in [1.82, 2.24) is 0 Å². The maximum atomic E-state index is 13.6. The van der Waals surface area contributed by atoms with Crippen LogP contribution in [0.2, 0.25) is 5.02 Å². The molecule has 3 atom stereocenters. The summed E-state index contributed by atoms with van der Waals surface area (Å²) in [6, 6.07) is 23.2. The maximum Gasteiger partial charge on any atom is 0.266 e. The molecule has 162 valence electrons. The molecule has 0 saturated carbocycles. The average Bonchev–Trinajstić information content (AvgIpc) is 3.32. The molecule has 32 heavy (non-hydrogen) atoms. The van der Waals surface area contributed by atoms with Gasteiger partial charge in [0.25, 0.3) is 5.91 Å². The van der Waals surface area contributed by atoms with Gasteiger partial charge >= 0.3 is 0 Å². The molecule has 2 aliphatic rings. The Morgan fingerprint density at radius 1 is 0.875 bits per heavy atom. The predicted octanol–water partition coefficient (Wildman–Crippen LogP) is 4.79. The van der Waals surface area contributed by atoms with Crippen molar-refractivity contribution in [2.75, 3.05) is 16.6 Å². The number of imide groups is 1. The highest BCUT2D eigenvalue weighted by atomic mass is 35.5. The summed E-state index contributed by atoms with van der Waals surface area (Å²) in [6.45, 7) is 2.49. The van der Waals surface area contributed by atoms with Crippen LogP contribution in [0.4, 0.5) is 11.4 Å². The first kappa shape index (κ1) is 20.5. The van der Waals surface area contributed by atoms with E-state index in [1.54, 1.807) is 29.3 Å². The normalized spacial score (nSPS) is 22.4. The van der Waals surface area contributed by atoms with E-state index in [0.29, 0.717) is 17.3 Å². The Morgan fingerprint density at radius 2 is 1.56 bits per heavy atom. The third-order valence-electron chi connectivity index (χ3n) is 5.74. The van der Waals surface area contributed by atoms with E-state index < -0.39 is 18.1 Å². The third-order valence-corrected chi connectivity index (χ3v) is 6.00. The first-order valence-electron chi connectivity index (χ1n) is 10.5. The van der Waals surface area contributed by atoms with Crippen LogP contribution in [0.15, 0.2) is 78.9 Å². The van der Waals surface area contributed by atoms with E-state index in [1.165, 1.54) is 4.90 Å². The first-order chi connectivity index (χ1) is 15.6. The fraction of sp³-hybridized carbons (Fsp3) is 0.200. The van der Waals surface area contributed by atoms with E-state index in [2.05, 4.69) is 0 Å². The van der Waals surface area contributed by atoms with E-state index in [-0.39, 0.29) is 11.8 Å². The number of anilines is 2. The maximum absolute atomic E-state index is 13.6. The molecule has 3 aromatic carbocycles. The Bertz CT molecular complexity index is 1130. The van der Waals surface area contributed by atoms with Crippen molar-refractivity contribution in [2.45, 2.75) is 19.1 Å². The van der Waals surface area contributed by atoms with Gasteiger partial charge in [0.2, 0.25) is 5.91 Å². The zero-order valence-corrected chi connectivity index (χ0v) is 18.1. The first-order valence-corrected chi connectivity index (χ1v) is 10.8. The van der Waals surface area contributed by atoms with Crippen LogP contribution in [0.1, 0.15) is 18.5 Å². The second kappa shape index (κ2) is 8.30. The Balaban J connectivity index is 1.55. The zero-order chi connectivity index (χ0) is 22.2. The second-order valence-corrected chi connectivity index (χ2v) is 8.08. The van der Waals surface area contributed by atoms with Gasteiger partial charge in [-0.2, -0.15) is 0 Å². The molecule has 0 unspecified atom stereocenters. The van der Waals surface area contributed by atoms with Gasteiger partial charge in [0, 0.05) is 5.02 Å². The summed E-state index contributed by atoms with van der Waals surface area (Å²) in [5, 5.41) is 2.21. The van der Waals surface area contributed by atoms with E-state index in [9.17, 15) is 9.59 Å². The van der Waals surface area contributed by atoms with Crippen molar-refractivity contribution < 1.29 is 19.2 Å². The molecule has 2 saturated heterocycles. The number of hydrogen-bond donors (Lipinski definition) is 0. The number of ether oxygens (including phenoxy) is 1. The minimum atomic E-state index is -0.907. The van der Waals surface area contributed by atoms with Gasteiger partial charge in [-0.25, -0.2) is 9.96 Å². The fourth-order valence-electron chi connectivity index (χ4n) is 4.32. The van der Waals surface area contributed by atoms with Crippen LogP contribution in [0.3, 0.4) is 0 Å². The van der Waals surface area contributed by atoms with Crippen LogP contribution in [-0.4, -0.2) is 24.5 Å². The molecule has 2 fully saturated rings. The van der Waals surface area contributed by atoms with Crippen molar-refractivity contribution >= 4 is 34.8 Å². The number of amides is 2. The number of halogens is 1. The summed E-state index contributed by atoms with van der Waals surface area (Å²) in [4.78, 5) is 34.2. The van der Waals surface area contributed by atoms with Gasteiger partial charge in [0.1, 0.15) is 11.7 Å². The predicted molar refractivity (Wildman–Crippen MR) is 122 cm³/mol. The van der Waals surface area contributed by atoms with Crippen LogP contribution in [0.5, 0.6) is 5.75 Å². The van der Waals surface area contributed by atoms with E-state index in [0.717, 1.165) is 17.0 Å².